The summed E-state index contributed by atoms with van der Waals surface area (Å²) in [5.74, 6) is -0.347. The molecule has 0 saturated carbocycles. The van der Waals surface area contributed by atoms with Gasteiger partial charge in [-0.25, -0.2) is 4.39 Å². The number of nitrogens with zero attached hydrogens (tertiary/aromatic N) is 1. The molecule has 0 amide bonds. The van der Waals surface area contributed by atoms with Crippen LogP contribution in [0, 0.1) is 5.82 Å². The number of rotatable bonds is 3. The molecular weight excluding hydrogens is 263 g/mol. The van der Waals surface area contributed by atoms with Crippen LogP contribution in [-0.4, -0.2) is 30.1 Å². The van der Waals surface area contributed by atoms with Crippen LogP contribution in [0.3, 0.4) is 0 Å². The van der Waals surface area contributed by atoms with Gasteiger partial charge in [0.15, 0.2) is 0 Å². The quantitative estimate of drug-likeness (QED) is 0.914. The smallest absolute Gasteiger partial charge is 0.141 e. The van der Waals surface area contributed by atoms with E-state index in [2.05, 4.69) is 17.1 Å². The standard InChI is InChI=1S/C15H20ClFN2/c1-10(11-4-5-13(17)12(16)9-11)18-14-6-8-19-7-2-3-15(14)19/h4-5,9-10,14-15,18H,2-3,6-8H2,1H3. The van der Waals surface area contributed by atoms with Gasteiger partial charge in [0.1, 0.15) is 5.82 Å². The maximum Gasteiger partial charge on any atom is 0.141 e. The Morgan fingerprint density at radius 3 is 3.00 bits per heavy atom. The molecule has 0 bridgehead atoms. The van der Waals surface area contributed by atoms with E-state index < -0.39 is 0 Å². The summed E-state index contributed by atoms with van der Waals surface area (Å²) in [6.45, 7) is 4.58. The van der Waals surface area contributed by atoms with Gasteiger partial charge in [-0.05, 0) is 50.4 Å². The summed E-state index contributed by atoms with van der Waals surface area (Å²) < 4.78 is 13.2. The van der Waals surface area contributed by atoms with Crippen molar-refractivity contribution in [1.29, 1.82) is 0 Å². The highest BCUT2D eigenvalue weighted by molar-refractivity contribution is 6.30. The van der Waals surface area contributed by atoms with Gasteiger partial charge in [0.25, 0.3) is 0 Å². The molecule has 1 aromatic carbocycles. The Kier molecular flexibility index (Phi) is 3.79. The van der Waals surface area contributed by atoms with Crippen LogP contribution in [0.4, 0.5) is 4.39 Å². The highest BCUT2D eigenvalue weighted by atomic mass is 35.5. The first kappa shape index (κ1) is 13.3. The molecule has 2 saturated heterocycles. The molecule has 2 nitrogen and oxygen atoms in total. The van der Waals surface area contributed by atoms with Crippen LogP contribution in [0.1, 0.15) is 37.8 Å². The number of halogens is 2. The van der Waals surface area contributed by atoms with Gasteiger partial charge in [0, 0.05) is 24.7 Å². The third-order valence-corrected chi connectivity index (χ3v) is 4.80. The summed E-state index contributed by atoms with van der Waals surface area (Å²) in [6, 6.07) is 6.46. The summed E-state index contributed by atoms with van der Waals surface area (Å²) in [5, 5.41) is 3.90. The van der Waals surface area contributed by atoms with E-state index in [4.69, 9.17) is 11.6 Å². The average molecular weight is 283 g/mol. The van der Waals surface area contributed by atoms with E-state index in [9.17, 15) is 4.39 Å². The van der Waals surface area contributed by atoms with Crippen LogP contribution in [0.5, 0.6) is 0 Å². The van der Waals surface area contributed by atoms with Crippen molar-refractivity contribution < 1.29 is 4.39 Å². The molecule has 4 heteroatoms. The molecule has 2 aliphatic heterocycles. The van der Waals surface area contributed by atoms with E-state index in [1.54, 1.807) is 6.07 Å². The van der Waals surface area contributed by atoms with Gasteiger partial charge >= 0.3 is 0 Å². The van der Waals surface area contributed by atoms with Gasteiger partial charge in [-0.15, -0.1) is 0 Å². The van der Waals surface area contributed by atoms with Crippen LogP contribution in [0.25, 0.3) is 0 Å². The minimum absolute atomic E-state index is 0.208. The molecule has 3 rings (SSSR count). The van der Waals surface area contributed by atoms with Crippen molar-refractivity contribution in [1.82, 2.24) is 10.2 Å². The summed E-state index contributed by atoms with van der Waals surface area (Å²) in [4.78, 5) is 2.59. The maximum absolute atomic E-state index is 13.2. The Balaban J connectivity index is 1.67. The van der Waals surface area contributed by atoms with Crippen molar-refractivity contribution in [2.75, 3.05) is 13.1 Å². The van der Waals surface area contributed by atoms with E-state index >= 15 is 0 Å². The van der Waals surface area contributed by atoms with Crippen LogP contribution in [0.15, 0.2) is 18.2 Å². The SMILES string of the molecule is CC(NC1CCN2CCCC12)c1ccc(F)c(Cl)c1. The summed E-state index contributed by atoms with van der Waals surface area (Å²) in [5.41, 5.74) is 1.06. The predicted octanol–water partition coefficient (Wildman–Crippen LogP) is 3.37. The fraction of sp³-hybridized carbons (Fsp3) is 0.600. The van der Waals surface area contributed by atoms with Crippen LogP contribution >= 0.6 is 11.6 Å². The van der Waals surface area contributed by atoms with E-state index in [1.807, 2.05) is 6.07 Å². The number of nitrogens with one attached hydrogen (secondary N) is 1. The first-order valence-electron chi connectivity index (χ1n) is 7.10. The lowest BCUT2D eigenvalue weighted by atomic mass is 10.0. The summed E-state index contributed by atoms with van der Waals surface area (Å²) >= 11 is 5.85. The molecule has 3 atom stereocenters. The largest absolute Gasteiger partial charge is 0.306 e. The minimum atomic E-state index is -0.347. The Hall–Kier alpha value is -0.640. The maximum atomic E-state index is 13.2. The van der Waals surface area contributed by atoms with Crippen molar-refractivity contribution >= 4 is 11.6 Å². The molecule has 19 heavy (non-hydrogen) atoms. The van der Waals surface area contributed by atoms with Crippen LogP contribution < -0.4 is 5.32 Å². The lowest BCUT2D eigenvalue weighted by Gasteiger charge is -2.25. The molecule has 0 aromatic heterocycles. The third kappa shape index (κ3) is 2.64. The molecule has 1 aromatic rings. The second-order valence-corrected chi connectivity index (χ2v) is 6.11. The van der Waals surface area contributed by atoms with Crippen molar-refractivity contribution in [2.45, 2.75) is 44.3 Å². The third-order valence-electron chi connectivity index (χ3n) is 4.51. The molecule has 2 aliphatic rings. The van der Waals surface area contributed by atoms with E-state index in [0.29, 0.717) is 12.1 Å². The molecule has 2 fully saturated rings. The normalized spacial score (nSPS) is 28.6. The summed E-state index contributed by atoms with van der Waals surface area (Å²) in [6.07, 6.45) is 3.83. The zero-order chi connectivity index (χ0) is 13.4. The predicted molar refractivity (Wildman–Crippen MR) is 76.0 cm³/mol. The molecule has 104 valence electrons. The Labute approximate surface area is 118 Å². The number of hydrogen-bond donors (Lipinski definition) is 1. The lowest BCUT2D eigenvalue weighted by molar-refractivity contribution is 0.291. The van der Waals surface area contributed by atoms with Gasteiger partial charge in [-0.2, -0.15) is 0 Å². The average Bonchev–Trinajstić information content (AvgIpc) is 2.97. The van der Waals surface area contributed by atoms with Gasteiger partial charge < -0.3 is 5.32 Å². The molecule has 2 heterocycles. The highest BCUT2D eigenvalue weighted by Crippen LogP contribution is 2.30. The fourth-order valence-corrected chi connectivity index (χ4v) is 3.66. The van der Waals surface area contributed by atoms with Gasteiger partial charge in [0.2, 0.25) is 0 Å². The monoisotopic (exact) mass is 282 g/mol. The molecule has 3 unspecified atom stereocenters. The minimum Gasteiger partial charge on any atom is -0.306 e. The Bertz CT molecular complexity index is 465. The van der Waals surface area contributed by atoms with Gasteiger partial charge in [-0.1, -0.05) is 17.7 Å². The molecule has 0 radical (unpaired) electrons. The number of fused-ring (bicyclic) bond motifs is 1. The number of hydrogen-bond acceptors (Lipinski definition) is 2. The zero-order valence-corrected chi connectivity index (χ0v) is 12.0. The van der Waals surface area contributed by atoms with Crippen LogP contribution in [0.2, 0.25) is 5.02 Å². The Morgan fingerprint density at radius 2 is 2.21 bits per heavy atom. The first-order valence-corrected chi connectivity index (χ1v) is 7.48. The molecule has 0 spiro atoms. The van der Waals surface area contributed by atoms with Crippen molar-refractivity contribution in [3.63, 3.8) is 0 Å². The zero-order valence-electron chi connectivity index (χ0n) is 11.2. The molecular formula is C15H20ClFN2. The highest BCUT2D eigenvalue weighted by Gasteiger charge is 2.37. The van der Waals surface area contributed by atoms with Gasteiger partial charge in [0.05, 0.1) is 5.02 Å². The first-order chi connectivity index (χ1) is 9.15. The van der Waals surface area contributed by atoms with E-state index in [1.165, 1.54) is 38.4 Å². The molecule has 0 aliphatic carbocycles. The lowest BCUT2D eigenvalue weighted by Crippen LogP contribution is -2.40. The topological polar surface area (TPSA) is 15.3 Å². The van der Waals surface area contributed by atoms with Crippen molar-refractivity contribution in [3.8, 4) is 0 Å². The van der Waals surface area contributed by atoms with E-state index in [-0.39, 0.29) is 16.9 Å². The van der Waals surface area contributed by atoms with Crippen molar-refractivity contribution in [3.05, 3.63) is 34.6 Å². The Morgan fingerprint density at radius 1 is 1.37 bits per heavy atom. The fourth-order valence-electron chi connectivity index (χ4n) is 3.48. The van der Waals surface area contributed by atoms with Gasteiger partial charge in [-0.3, -0.25) is 4.90 Å². The molecule has 1 N–H and O–H groups in total. The summed E-state index contributed by atoms with van der Waals surface area (Å²) in [7, 11) is 0. The van der Waals surface area contributed by atoms with Crippen LogP contribution in [-0.2, 0) is 0 Å². The second-order valence-electron chi connectivity index (χ2n) is 5.70. The van der Waals surface area contributed by atoms with Crippen molar-refractivity contribution in [2.24, 2.45) is 0 Å². The number of benzene rings is 1. The van der Waals surface area contributed by atoms with E-state index in [0.717, 1.165) is 5.56 Å². The second kappa shape index (κ2) is 5.39.